The van der Waals surface area contributed by atoms with Crippen molar-refractivity contribution >= 4 is 35.3 Å². The molecular weight excluding hydrogens is 338 g/mol. The fourth-order valence-corrected chi connectivity index (χ4v) is 2.73. The zero-order chi connectivity index (χ0) is 17.8. The summed E-state index contributed by atoms with van der Waals surface area (Å²) in [6.07, 6.45) is 0. The van der Waals surface area contributed by atoms with Crippen molar-refractivity contribution in [2.24, 2.45) is 0 Å². The molecule has 0 aliphatic carbocycles. The van der Waals surface area contributed by atoms with Crippen LogP contribution in [0.4, 0.5) is 4.79 Å². The van der Waals surface area contributed by atoms with E-state index in [9.17, 15) is 9.59 Å². The van der Waals surface area contributed by atoms with Crippen LogP contribution in [-0.4, -0.2) is 46.7 Å². The molecule has 0 saturated heterocycles. The summed E-state index contributed by atoms with van der Waals surface area (Å²) in [6, 6.07) is 15.8. The molecule has 6 nitrogen and oxygen atoms in total. The van der Waals surface area contributed by atoms with Crippen LogP contribution in [0.3, 0.4) is 0 Å². The molecule has 3 rings (SSSR count). The molecule has 0 fully saturated rings. The van der Waals surface area contributed by atoms with Crippen LogP contribution in [0.2, 0.25) is 0 Å². The van der Waals surface area contributed by atoms with Crippen LogP contribution in [0.15, 0.2) is 54.6 Å². The first kappa shape index (κ1) is 16.9. The summed E-state index contributed by atoms with van der Waals surface area (Å²) in [4.78, 5) is 29.0. The van der Waals surface area contributed by atoms with E-state index in [4.69, 9.17) is 17.0 Å². The van der Waals surface area contributed by atoms with Crippen molar-refractivity contribution in [3.8, 4) is 0 Å². The topological polar surface area (TPSA) is 67.3 Å². The Morgan fingerprint density at radius 2 is 1.80 bits per heavy atom. The normalized spacial score (nSPS) is 10.6. The van der Waals surface area contributed by atoms with E-state index in [0.29, 0.717) is 15.9 Å². The van der Waals surface area contributed by atoms with Gasteiger partial charge in [-0.3, -0.25) is 0 Å². The van der Waals surface area contributed by atoms with Gasteiger partial charge in [-0.1, -0.05) is 30.3 Å². The van der Waals surface area contributed by atoms with E-state index in [1.807, 2.05) is 30.3 Å². The molecule has 25 heavy (non-hydrogen) atoms. The Hall–Kier alpha value is -2.93. The number of H-pyrrole nitrogens is 1. The van der Waals surface area contributed by atoms with Gasteiger partial charge >= 0.3 is 12.0 Å². The summed E-state index contributed by atoms with van der Waals surface area (Å²) in [7, 11) is 1.64. The Morgan fingerprint density at radius 1 is 1.12 bits per heavy atom. The van der Waals surface area contributed by atoms with Gasteiger partial charge in [-0.2, -0.15) is 0 Å². The van der Waals surface area contributed by atoms with Crippen molar-refractivity contribution in [1.29, 1.82) is 0 Å². The molecule has 0 atom stereocenters. The van der Waals surface area contributed by atoms with Crippen molar-refractivity contribution in [2.45, 2.75) is 0 Å². The molecule has 0 saturated carbocycles. The van der Waals surface area contributed by atoms with E-state index < -0.39 is 5.97 Å². The summed E-state index contributed by atoms with van der Waals surface area (Å²) in [5.41, 5.74) is 1.99. The number of nitrogens with zero attached hydrogens (tertiary/aromatic N) is 2. The highest BCUT2D eigenvalue weighted by Gasteiger charge is 2.16. The second-order valence-corrected chi connectivity index (χ2v) is 5.88. The minimum Gasteiger partial charge on any atom is -0.460 e. The number of benzene rings is 2. The predicted octanol–water partition coefficient (Wildman–Crippen LogP) is 3.46. The summed E-state index contributed by atoms with van der Waals surface area (Å²) in [5, 5.41) is 0. The number of amides is 1. The van der Waals surface area contributed by atoms with Crippen LogP contribution in [0.25, 0.3) is 11.0 Å². The van der Waals surface area contributed by atoms with Crippen LogP contribution < -0.4 is 0 Å². The standard InChI is InChI=1S/C18H17N3O3S/c1-20(11-12-24-16(22)13-7-3-2-4-8-13)18(23)21-15-10-6-5-9-14(15)19-17(21)25/h2-10H,11-12H2,1H3,(H,19,25). The van der Waals surface area contributed by atoms with Gasteiger partial charge in [0.2, 0.25) is 0 Å². The molecule has 0 spiro atoms. The highest BCUT2D eigenvalue weighted by atomic mass is 32.1. The van der Waals surface area contributed by atoms with E-state index in [0.717, 1.165) is 5.52 Å². The smallest absolute Gasteiger partial charge is 0.338 e. The molecule has 1 amide bonds. The molecule has 7 heteroatoms. The van der Waals surface area contributed by atoms with Gasteiger partial charge in [0.1, 0.15) is 6.61 Å². The summed E-state index contributed by atoms with van der Waals surface area (Å²) < 4.78 is 6.97. The highest BCUT2D eigenvalue weighted by molar-refractivity contribution is 7.71. The number of hydrogen-bond donors (Lipinski definition) is 1. The number of hydrogen-bond acceptors (Lipinski definition) is 4. The van der Waals surface area contributed by atoms with Crippen molar-refractivity contribution in [1.82, 2.24) is 14.5 Å². The van der Waals surface area contributed by atoms with Gasteiger partial charge in [0, 0.05) is 7.05 Å². The number of carbonyl (C=O) groups excluding carboxylic acids is 2. The first-order chi connectivity index (χ1) is 12.1. The van der Waals surface area contributed by atoms with Gasteiger partial charge < -0.3 is 14.6 Å². The molecule has 0 aliphatic rings. The number of nitrogens with one attached hydrogen (secondary N) is 1. The first-order valence-corrected chi connectivity index (χ1v) is 8.16. The van der Waals surface area contributed by atoms with E-state index in [1.165, 1.54) is 9.47 Å². The molecule has 0 unspecified atom stereocenters. The number of rotatable bonds is 4. The van der Waals surface area contributed by atoms with Crippen molar-refractivity contribution < 1.29 is 14.3 Å². The molecule has 128 valence electrons. The fourth-order valence-electron chi connectivity index (χ4n) is 2.44. The number of likely N-dealkylation sites (N-methyl/N-ethyl adjacent to an activating group) is 1. The average molecular weight is 355 g/mol. The molecular formula is C18H17N3O3S. The van der Waals surface area contributed by atoms with Crippen LogP contribution in [0.5, 0.6) is 0 Å². The largest absolute Gasteiger partial charge is 0.460 e. The third-order valence-electron chi connectivity index (χ3n) is 3.78. The lowest BCUT2D eigenvalue weighted by atomic mass is 10.2. The van der Waals surface area contributed by atoms with E-state index in [-0.39, 0.29) is 19.2 Å². The SMILES string of the molecule is CN(CCOC(=O)c1ccccc1)C(=O)n1c(=S)[nH]c2ccccc21. The molecule has 3 aromatic rings. The number of esters is 1. The van der Waals surface area contributed by atoms with Crippen molar-refractivity contribution in [3.05, 3.63) is 64.9 Å². The number of imidazole rings is 1. The molecule has 1 aromatic heterocycles. The summed E-state index contributed by atoms with van der Waals surface area (Å²) in [6.45, 7) is 0.365. The Bertz CT molecular complexity index is 962. The Balaban J connectivity index is 1.64. The predicted molar refractivity (Wildman–Crippen MR) is 97.3 cm³/mol. The molecule has 0 radical (unpaired) electrons. The molecule has 1 N–H and O–H groups in total. The fraction of sp³-hybridized carbons (Fsp3) is 0.167. The van der Waals surface area contributed by atoms with Crippen LogP contribution >= 0.6 is 12.2 Å². The lowest BCUT2D eigenvalue weighted by Gasteiger charge is -2.17. The maximum Gasteiger partial charge on any atom is 0.338 e. The quantitative estimate of drug-likeness (QED) is 0.575. The van der Waals surface area contributed by atoms with Crippen LogP contribution in [0, 0.1) is 4.77 Å². The molecule has 2 aromatic carbocycles. The maximum atomic E-state index is 12.6. The van der Waals surface area contributed by atoms with Gasteiger partial charge in [0.25, 0.3) is 0 Å². The van der Waals surface area contributed by atoms with Crippen molar-refractivity contribution in [2.75, 3.05) is 20.2 Å². The summed E-state index contributed by atoms with van der Waals surface area (Å²) >= 11 is 5.24. The van der Waals surface area contributed by atoms with Crippen LogP contribution in [-0.2, 0) is 4.74 Å². The number of aromatic nitrogens is 2. The Labute approximate surface area is 149 Å². The van der Waals surface area contributed by atoms with Crippen molar-refractivity contribution in [3.63, 3.8) is 0 Å². The third kappa shape index (κ3) is 3.61. The highest BCUT2D eigenvalue weighted by Crippen LogP contribution is 2.14. The van der Waals surface area contributed by atoms with Gasteiger partial charge in [0.05, 0.1) is 23.1 Å². The molecule has 0 aliphatic heterocycles. The van der Waals surface area contributed by atoms with Gasteiger partial charge in [0.15, 0.2) is 4.77 Å². The second kappa shape index (κ2) is 7.31. The van der Waals surface area contributed by atoms with Gasteiger partial charge in [-0.25, -0.2) is 14.2 Å². The molecule has 1 heterocycles. The van der Waals surface area contributed by atoms with E-state index >= 15 is 0 Å². The Morgan fingerprint density at radius 3 is 2.56 bits per heavy atom. The average Bonchev–Trinajstić information content (AvgIpc) is 2.97. The number of aromatic amines is 1. The number of para-hydroxylation sites is 2. The first-order valence-electron chi connectivity index (χ1n) is 7.75. The van der Waals surface area contributed by atoms with Crippen LogP contribution in [0.1, 0.15) is 10.4 Å². The zero-order valence-corrected chi connectivity index (χ0v) is 14.5. The zero-order valence-electron chi connectivity index (χ0n) is 13.6. The lowest BCUT2D eigenvalue weighted by molar-refractivity contribution is 0.0482. The van der Waals surface area contributed by atoms with Gasteiger partial charge in [-0.05, 0) is 36.5 Å². The second-order valence-electron chi connectivity index (χ2n) is 5.49. The van der Waals surface area contributed by atoms with Gasteiger partial charge in [-0.15, -0.1) is 0 Å². The molecule has 0 bridgehead atoms. The minimum absolute atomic E-state index is 0.103. The third-order valence-corrected chi connectivity index (χ3v) is 4.06. The number of carbonyl (C=O) groups is 2. The monoisotopic (exact) mass is 355 g/mol. The Kier molecular flexibility index (Phi) is 4.95. The number of ether oxygens (including phenoxy) is 1. The lowest BCUT2D eigenvalue weighted by Crippen LogP contribution is -2.34. The van der Waals surface area contributed by atoms with E-state index in [2.05, 4.69) is 4.98 Å². The maximum absolute atomic E-state index is 12.6. The summed E-state index contributed by atoms with van der Waals surface area (Å²) in [5.74, 6) is -0.412. The number of fused-ring (bicyclic) bond motifs is 1. The minimum atomic E-state index is -0.412. The van der Waals surface area contributed by atoms with E-state index in [1.54, 1.807) is 31.3 Å².